The fourth-order valence-corrected chi connectivity index (χ4v) is 2.76. The molecule has 0 radical (unpaired) electrons. The van der Waals surface area contributed by atoms with Gasteiger partial charge in [0.05, 0.1) is 0 Å². The summed E-state index contributed by atoms with van der Waals surface area (Å²) >= 11 is 1.66. The summed E-state index contributed by atoms with van der Waals surface area (Å²) in [4.78, 5) is 2.27. The summed E-state index contributed by atoms with van der Waals surface area (Å²) in [5, 5.41) is 10.3. The molecule has 1 heterocycles. The molecule has 1 aromatic heterocycles. The van der Waals surface area contributed by atoms with Gasteiger partial charge in [0.1, 0.15) is 6.10 Å². The Morgan fingerprint density at radius 1 is 1.19 bits per heavy atom. The molecule has 0 bridgehead atoms. The van der Waals surface area contributed by atoms with Crippen LogP contribution in [0.25, 0.3) is 0 Å². The third-order valence-corrected chi connectivity index (χ3v) is 3.81. The average molecular weight is 232 g/mol. The van der Waals surface area contributed by atoms with Crippen LogP contribution in [0.4, 0.5) is 0 Å². The van der Waals surface area contributed by atoms with E-state index in [-0.39, 0.29) is 0 Å². The second kappa shape index (κ2) is 4.81. The molecule has 0 fully saturated rings. The average Bonchev–Trinajstić information content (AvgIpc) is 2.75. The molecule has 2 heteroatoms. The van der Waals surface area contributed by atoms with Crippen molar-refractivity contribution in [2.24, 2.45) is 0 Å². The second-order valence-electron chi connectivity index (χ2n) is 3.90. The van der Waals surface area contributed by atoms with Gasteiger partial charge in [0.2, 0.25) is 0 Å². The number of aryl methyl sites for hydroxylation is 2. The molecule has 84 valence electrons. The molecular formula is C14H16OS. The summed E-state index contributed by atoms with van der Waals surface area (Å²) in [5.41, 5.74) is 2.26. The van der Waals surface area contributed by atoms with Crippen molar-refractivity contribution < 1.29 is 5.11 Å². The number of rotatable bonds is 3. The van der Waals surface area contributed by atoms with E-state index in [1.807, 2.05) is 24.3 Å². The Balaban J connectivity index is 2.36. The molecule has 0 aliphatic rings. The summed E-state index contributed by atoms with van der Waals surface area (Å²) in [6, 6.07) is 12.2. The standard InChI is InChI=1S/C14H16OS/c1-3-11-6-4-5-7-12(11)14(15)13-9-8-10(2)16-13/h4-9,14-15H,3H2,1-2H3/t14-/m0/s1. The smallest absolute Gasteiger partial charge is 0.113 e. The SMILES string of the molecule is CCc1ccccc1[C@H](O)c1ccc(C)s1. The lowest BCUT2D eigenvalue weighted by Gasteiger charge is -2.13. The molecule has 0 amide bonds. The van der Waals surface area contributed by atoms with Gasteiger partial charge in [-0.1, -0.05) is 31.2 Å². The largest absolute Gasteiger partial charge is 0.383 e. The van der Waals surface area contributed by atoms with Gasteiger partial charge in [0.25, 0.3) is 0 Å². The van der Waals surface area contributed by atoms with E-state index in [1.54, 1.807) is 11.3 Å². The predicted molar refractivity (Wildman–Crippen MR) is 68.9 cm³/mol. The minimum atomic E-state index is -0.477. The van der Waals surface area contributed by atoms with E-state index in [9.17, 15) is 5.11 Å². The van der Waals surface area contributed by atoms with Gasteiger partial charge in [-0.2, -0.15) is 0 Å². The van der Waals surface area contributed by atoms with Gasteiger partial charge in [-0.05, 0) is 36.6 Å². The highest BCUT2D eigenvalue weighted by atomic mass is 32.1. The van der Waals surface area contributed by atoms with Crippen molar-refractivity contribution in [1.82, 2.24) is 0 Å². The van der Waals surface area contributed by atoms with Crippen LogP contribution >= 0.6 is 11.3 Å². The Bertz CT molecular complexity index is 473. The minimum Gasteiger partial charge on any atom is -0.383 e. The Kier molecular flexibility index (Phi) is 3.42. The van der Waals surface area contributed by atoms with Crippen LogP contribution in [0, 0.1) is 6.92 Å². The zero-order chi connectivity index (χ0) is 11.5. The topological polar surface area (TPSA) is 20.2 Å². The molecule has 0 aliphatic carbocycles. The van der Waals surface area contributed by atoms with Gasteiger partial charge < -0.3 is 5.11 Å². The summed E-state index contributed by atoms with van der Waals surface area (Å²) < 4.78 is 0. The molecule has 1 atom stereocenters. The van der Waals surface area contributed by atoms with Gasteiger partial charge in [-0.25, -0.2) is 0 Å². The normalized spacial score (nSPS) is 12.7. The van der Waals surface area contributed by atoms with Crippen molar-refractivity contribution >= 4 is 11.3 Å². The van der Waals surface area contributed by atoms with Crippen molar-refractivity contribution in [1.29, 1.82) is 0 Å². The lowest BCUT2D eigenvalue weighted by Crippen LogP contribution is -2.01. The molecule has 2 aromatic rings. The van der Waals surface area contributed by atoms with E-state index in [0.717, 1.165) is 16.9 Å². The molecule has 1 aromatic carbocycles. The predicted octanol–water partition coefficient (Wildman–Crippen LogP) is 3.70. The Morgan fingerprint density at radius 3 is 2.56 bits per heavy atom. The second-order valence-corrected chi connectivity index (χ2v) is 5.22. The number of hydrogen-bond donors (Lipinski definition) is 1. The zero-order valence-corrected chi connectivity index (χ0v) is 10.4. The van der Waals surface area contributed by atoms with E-state index in [4.69, 9.17) is 0 Å². The summed E-state index contributed by atoms with van der Waals surface area (Å²) in [6.45, 7) is 4.18. The molecule has 16 heavy (non-hydrogen) atoms. The van der Waals surface area contributed by atoms with Crippen LogP contribution in [-0.2, 0) is 6.42 Å². The van der Waals surface area contributed by atoms with Crippen LogP contribution in [0.3, 0.4) is 0 Å². The van der Waals surface area contributed by atoms with Crippen molar-refractivity contribution in [3.63, 3.8) is 0 Å². The third kappa shape index (κ3) is 2.18. The Morgan fingerprint density at radius 2 is 1.94 bits per heavy atom. The maximum absolute atomic E-state index is 10.3. The van der Waals surface area contributed by atoms with Crippen molar-refractivity contribution in [2.45, 2.75) is 26.4 Å². The highest BCUT2D eigenvalue weighted by Crippen LogP contribution is 2.30. The van der Waals surface area contributed by atoms with Gasteiger partial charge in [-0.3, -0.25) is 0 Å². The van der Waals surface area contributed by atoms with Gasteiger partial charge >= 0.3 is 0 Å². The lowest BCUT2D eigenvalue weighted by atomic mass is 10.00. The highest BCUT2D eigenvalue weighted by Gasteiger charge is 2.14. The maximum Gasteiger partial charge on any atom is 0.113 e. The van der Waals surface area contributed by atoms with E-state index in [1.165, 1.54) is 10.4 Å². The zero-order valence-electron chi connectivity index (χ0n) is 9.60. The fourth-order valence-electron chi connectivity index (χ4n) is 1.88. The first-order valence-corrected chi connectivity index (χ1v) is 6.36. The molecule has 0 saturated heterocycles. The molecule has 1 N–H and O–H groups in total. The molecule has 0 aliphatic heterocycles. The first kappa shape index (κ1) is 11.4. The van der Waals surface area contributed by atoms with Gasteiger partial charge in [0.15, 0.2) is 0 Å². The van der Waals surface area contributed by atoms with Crippen LogP contribution in [-0.4, -0.2) is 5.11 Å². The Labute approximate surface area is 100 Å². The first-order chi connectivity index (χ1) is 7.72. The van der Waals surface area contributed by atoms with E-state index >= 15 is 0 Å². The van der Waals surface area contributed by atoms with Crippen LogP contribution in [0.5, 0.6) is 0 Å². The monoisotopic (exact) mass is 232 g/mol. The Hall–Kier alpha value is -1.12. The molecule has 0 spiro atoms. The number of thiophene rings is 1. The summed E-state index contributed by atoms with van der Waals surface area (Å²) in [6.07, 6.45) is 0.479. The van der Waals surface area contributed by atoms with Gasteiger partial charge in [0, 0.05) is 9.75 Å². The summed E-state index contributed by atoms with van der Waals surface area (Å²) in [5.74, 6) is 0. The van der Waals surface area contributed by atoms with Crippen LogP contribution in [0.15, 0.2) is 36.4 Å². The quantitative estimate of drug-likeness (QED) is 0.855. The van der Waals surface area contributed by atoms with E-state index in [2.05, 4.69) is 26.0 Å². The molecular weight excluding hydrogens is 216 g/mol. The van der Waals surface area contributed by atoms with Gasteiger partial charge in [-0.15, -0.1) is 11.3 Å². The minimum absolute atomic E-state index is 0.477. The van der Waals surface area contributed by atoms with E-state index < -0.39 is 6.10 Å². The third-order valence-electron chi connectivity index (χ3n) is 2.76. The number of hydrogen-bond acceptors (Lipinski definition) is 2. The molecule has 0 unspecified atom stereocenters. The molecule has 0 saturated carbocycles. The first-order valence-electron chi connectivity index (χ1n) is 5.54. The number of aliphatic hydroxyl groups is 1. The summed E-state index contributed by atoms with van der Waals surface area (Å²) in [7, 11) is 0. The van der Waals surface area contributed by atoms with Crippen molar-refractivity contribution in [2.75, 3.05) is 0 Å². The molecule has 1 nitrogen and oxygen atoms in total. The maximum atomic E-state index is 10.3. The fraction of sp³-hybridized carbons (Fsp3) is 0.286. The van der Waals surface area contributed by atoms with E-state index in [0.29, 0.717) is 0 Å². The van der Waals surface area contributed by atoms with Crippen molar-refractivity contribution in [3.8, 4) is 0 Å². The lowest BCUT2D eigenvalue weighted by molar-refractivity contribution is 0.223. The van der Waals surface area contributed by atoms with Crippen LogP contribution in [0.1, 0.15) is 33.9 Å². The van der Waals surface area contributed by atoms with Crippen molar-refractivity contribution in [3.05, 3.63) is 57.3 Å². The highest BCUT2D eigenvalue weighted by molar-refractivity contribution is 7.12. The number of aliphatic hydroxyl groups excluding tert-OH is 1. The molecule has 2 rings (SSSR count). The van der Waals surface area contributed by atoms with Crippen LogP contribution in [0.2, 0.25) is 0 Å². The van der Waals surface area contributed by atoms with Crippen LogP contribution < -0.4 is 0 Å². The number of benzene rings is 1.